The highest BCUT2D eigenvalue weighted by molar-refractivity contribution is 7.25. The minimum atomic E-state index is -0.193. The van der Waals surface area contributed by atoms with E-state index in [0.29, 0.717) is 17.5 Å². The van der Waals surface area contributed by atoms with Gasteiger partial charge in [-0.1, -0.05) is 178 Å². The van der Waals surface area contributed by atoms with Crippen molar-refractivity contribution in [3.05, 3.63) is 217 Å². The maximum Gasteiger partial charge on any atom is 0.164 e. The lowest BCUT2D eigenvalue weighted by Gasteiger charge is -2.23. The van der Waals surface area contributed by atoms with Gasteiger partial charge in [-0.05, 0) is 92.0 Å². The Morgan fingerprint density at radius 3 is 1.93 bits per heavy atom. The fourth-order valence-electron chi connectivity index (χ4n) is 11.2. The van der Waals surface area contributed by atoms with Gasteiger partial charge in [-0.25, -0.2) is 15.0 Å². The van der Waals surface area contributed by atoms with Crippen LogP contribution in [-0.2, 0) is 5.41 Å². The van der Waals surface area contributed by atoms with Crippen LogP contribution in [0.3, 0.4) is 0 Å². The molecule has 5 heteroatoms. The normalized spacial score (nSPS) is 13.0. The van der Waals surface area contributed by atoms with Crippen molar-refractivity contribution in [2.75, 3.05) is 0 Å². The molecular formula is C62H40N4S. The number of para-hydroxylation sites is 1. The number of hydrogen-bond donors (Lipinski definition) is 0. The predicted molar refractivity (Wildman–Crippen MR) is 281 cm³/mol. The topological polar surface area (TPSA) is 43.6 Å². The summed E-state index contributed by atoms with van der Waals surface area (Å²) in [4.78, 5) is 16.1. The molecule has 0 saturated carbocycles. The maximum atomic E-state index is 5.43. The van der Waals surface area contributed by atoms with E-state index in [-0.39, 0.29) is 5.41 Å². The molecule has 1 aliphatic rings. The van der Waals surface area contributed by atoms with E-state index in [9.17, 15) is 0 Å². The van der Waals surface area contributed by atoms with Crippen molar-refractivity contribution in [3.63, 3.8) is 0 Å². The van der Waals surface area contributed by atoms with Crippen molar-refractivity contribution >= 4 is 74.9 Å². The molecular weight excluding hydrogens is 833 g/mol. The molecule has 0 unspecified atom stereocenters. The first-order valence-electron chi connectivity index (χ1n) is 22.9. The van der Waals surface area contributed by atoms with Gasteiger partial charge in [0.15, 0.2) is 17.5 Å². The molecule has 10 aromatic carbocycles. The zero-order valence-corrected chi connectivity index (χ0v) is 37.6. The predicted octanol–water partition coefficient (Wildman–Crippen LogP) is 16.6. The Kier molecular flexibility index (Phi) is 8.17. The summed E-state index contributed by atoms with van der Waals surface area (Å²) >= 11 is 1.80. The molecule has 0 aliphatic heterocycles. The van der Waals surface area contributed by atoms with Gasteiger partial charge in [0.05, 0.1) is 16.7 Å². The van der Waals surface area contributed by atoms with Gasteiger partial charge in [0.25, 0.3) is 0 Å². The van der Waals surface area contributed by atoms with Crippen LogP contribution in [0.4, 0.5) is 0 Å². The molecule has 13 aromatic rings. The van der Waals surface area contributed by atoms with Crippen molar-refractivity contribution in [2.24, 2.45) is 0 Å². The molecule has 1 aliphatic carbocycles. The smallest absolute Gasteiger partial charge is 0.164 e. The van der Waals surface area contributed by atoms with E-state index in [4.69, 9.17) is 15.0 Å². The first kappa shape index (κ1) is 38.1. The summed E-state index contributed by atoms with van der Waals surface area (Å²) in [6, 6.07) is 74.6. The molecule has 0 amide bonds. The number of benzene rings is 10. The highest BCUT2D eigenvalue weighted by Crippen LogP contribution is 2.53. The lowest BCUT2D eigenvalue weighted by Crippen LogP contribution is -2.15. The van der Waals surface area contributed by atoms with Crippen LogP contribution in [-0.4, -0.2) is 19.5 Å². The number of rotatable bonds is 5. The minimum absolute atomic E-state index is 0.193. The average Bonchev–Trinajstić information content (AvgIpc) is 4.00. The summed E-state index contributed by atoms with van der Waals surface area (Å²) in [7, 11) is 0. The monoisotopic (exact) mass is 872 g/mol. The Balaban J connectivity index is 0.995. The van der Waals surface area contributed by atoms with Crippen molar-refractivity contribution in [3.8, 4) is 62.1 Å². The number of hydrogen-bond acceptors (Lipinski definition) is 4. The number of nitrogens with zero attached hydrogens (tertiary/aromatic N) is 4. The average molecular weight is 873 g/mol. The molecule has 0 bridgehead atoms. The third-order valence-corrected chi connectivity index (χ3v) is 15.4. The number of thiophene rings is 1. The van der Waals surface area contributed by atoms with Gasteiger partial charge in [0.2, 0.25) is 0 Å². The van der Waals surface area contributed by atoms with Gasteiger partial charge < -0.3 is 4.57 Å². The van der Waals surface area contributed by atoms with Crippen LogP contribution < -0.4 is 0 Å². The molecule has 14 rings (SSSR count). The van der Waals surface area contributed by atoms with Gasteiger partial charge in [-0.2, -0.15) is 0 Å². The fourth-order valence-corrected chi connectivity index (χ4v) is 12.3. The van der Waals surface area contributed by atoms with Crippen molar-refractivity contribution < 1.29 is 0 Å². The van der Waals surface area contributed by atoms with E-state index in [1.807, 2.05) is 0 Å². The molecule has 0 atom stereocenters. The highest BCUT2D eigenvalue weighted by atomic mass is 32.1. The summed E-state index contributed by atoms with van der Waals surface area (Å²) in [6.45, 7) is 4.78. The first-order valence-corrected chi connectivity index (χ1v) is 23.7. The Morgan fingerprint density at radius 2 is 1.03 bits per heavy atom. The minimum Gasteiger partial charge on any atom is -0.309 e. The number of aromatic nitrogens is 4. The second-order valence-corrected chi connectivity index (χ2v) is 19.4. The summed E-state index contributed by atoms with van der Waals surface area (Å²) < 4.78 is 4.93. The Labute approximate surface area is 391 Å². The van der Waals surface area contributed by atoms with Crippen molar-refractivity contribution in [2.45, 2.75) is 19.3 Å². The van der Waals surface area contributed by atoms with Gasteiger partial charge in [-0.15, -0.1) is 11.3 Å². The molecule has 0 radical (unpaired) electrons. The lowest BCUT2D eigenvalue weighted by molar-refractivity contribution is 0.667. The van der Waals surface area contributed by atoms with Crippen LogP contribution in [0.25, 0.3) is 126 Å². The molecule has 0 saturated heterocycles. The van der Waals surface area contributed by atoms with Crippen LogP contribution in [0.5, 0.6) is 0 Å². The van der Waals surface area contributed by atoms with Crippen LogP contribution in [0, 0.1) is 0 Å². The van der Waals surface area contributed by atoms with E-state index in [0.717, 1.165) is 44.3 Å². The van der Waals surface area contributed by atoms with E-state index >= 15 is 0 Å². The van der Waals surface area contributed by atoms with E-state index < -0.39 is 0 Å². The largest absolute Gasteiger partial charge is 0.309 e. The molecule has 0 N–H and O–H groups in total. The standard InChI is InChI=1S/C62H40N4S/c1-62(2)51-36-54-50(35-49(51)45-33-32-38-18-6-7-21-41(38)58(45)62)44-22-8-10-28-52(44)66(54)53-29-14-24-42-43(53)25-13-26-46(42)60-63-59(40-20-12-19-39(34-40)37-16-4-3-5-17-37)64-61(65-60)48-27-15-31-56-57(48)47-23-9-11-30-55(47)67-56/h3-36H,1-2H3. The zero-order valence-electron chi connectivity index (χ0n) is 36.8. The van der Waals surface area contributed by atoms with Crippen LogP contribution >= 0.6 is 11.3 Å². The van der Waals surface area contributed by atoms with Gasteiger partial charge in [0, 0.05) is 58.4 Å². The van der Waals surface area contributed by atoms with E-state index in [1.165, 1.54) is 75.0 Å². The second kappa shape index (κ2) is 14.4. The molecule has 0 fully saturated rings. The third-order valence-electron chi connectivity index (χ3n) is 14.2. The third kappa shape index (κ3) is 5.68. The molecule has 0 spiro atoms. The molecule has 314 valence electrons. The Bertz CT molecular complexity index is 4200. The SMILES string of the molecule is CC1(C)c2cc3c(cc2-c2ccc4ccccc4c21)c1ccccc1n3-c1cccc2c(-c3nc(-c4cccc(-c5ccccc5)c4)nc(-c4cccc5sc6ccccc6c45)n3)cccc12. The van der Waals surface area contributed by atoms with E-state index in [1.54, 1.807) is 11.3 Å². The molecule has 67 heavy (non-hydrogen) atoms. The first-order chi connectivity index (χ1) is 33.0. The maximum absolute atomic E-state index is 5.43. The van der Waals surface area contributed by atoms with Gasteiger partial charge in [-0.3, -0.25) is 0 Å². The Hall–Kier alpha value is -8.25. The molecule has 4 nitrogen and oxygen atoms in total. The van der Waals surface area contributed by atoms with Crippen molar-refractivity contribution in [1.82, 2.24) is 19.5 Å². The van der Waals surface area contributed by atoms with Crippen LogP contribution in [0.2, 0.25) is 0 Å². The number of fused-ring (bicyclic) bond motifs is 12. The fraction of sp³-hybridized carbons (Fsp3) is 0.0484. The molecule has 3 aromatic heterocycles. The highest BCUT2D eigenvalue weighted by Gasteiger charge is 2.38. The molecule has 3 heterocycles. The van der Waals surface area contributed by atoms with Crippen molar-refractivity contribution in [1.29, 1.82) is 0 Å². The van der Waals surface area contributed by atoms with E-state index in [2.05, 4.69) is 225 Å². The quantitative estimate of drug-likeness (QED) is 0.173. The van der Waals surface area contributed by atoms with Gasteiger partial charge in [0.1, 0.15) is 0 Å². The Morgan fingerprint density at radius 1 is 0.388 bits per heavy atom. The zero-order chi connectivity index (χ0) is 44.4. The van der Waals surface area contributed by atoms with Crippen LogP contribution in [0.15, 0.2) is 206 Å². The summed E-state index contributed by atoms with van der Waals surface area (Å²) in [5.41, 5.74) is 13.9. The van der Waals surface area contributed by atoms with Gasteiger partial charge >= 0.3 is 0 Å². The summed E-state index contributed by atoms with van der Waals surface area (Å²) in [5.74, 6) is 1.92. The summed E-state index contributed by atoms with van der Waals surface area (Å²) in [6.07, 6.45) is 0. The summed E-state index contributed by atoms with van der Waals surface area (Å²) in [5, 5.41) is 9.67. The van der Waals surface area contributed by atoms with Crippen LogP contribution in [0.1, 0.15) is 25.0 Å². The lowest BCUT2D eigenvalue weighted by atomic mass is 9.80. The second-order valence-electron chi connectivity index (χ2n) is 18.3.